The lowest BCUT2D eigenvalue weighted by atomic mass is 10.2. The molecule has 0 aliphatic rings. The molecule has 1 N–H and O–H groups in total. The topological polar surface area (TPSA) is 34.4 Å². The average Bonchev–Trinajstić information content (AvgIpc) is 2.76. The summed E-state index contributed by atoms with van der Waals surface area (Å²) >= 11 is 9.32. The van der Waals surface area contributed by atoms with E-state index in [2.05, 4.69) is 28.2 Å². The van der Waals surface area contributed by atoms with Gasteiger partial charge in [-0.3, -0.25) is 0 Å². The number of rotatable bonds is 6. The molecule has 0 bridgehead atoms. The Bertz CT molecular complexity index is 583. The highest BCUT2D eigenvalue weighted by atomic mass is 79.9. The van der Waals surface area contributed by atoms with Crippen LogP contribution < -0.4 is 10.1 Å². The maximum atomic E-state index is 5.90. The van der Waals surface area contributed by atoms with E-state index < -0.39 is 0 Å². The van der Waals surface area contributed by atoms with Crippen LogP contribution in [0.3, 0.4) is 0 Å². The van der Waals surface area contributed by atoms with Gasteiger partial charge in [0.25, 0.3) is 0 Å². The minimum absolute atomic E-state index is 0.396. The van der Waals surface area contributed by atoms with Crippen molar-refractivity contribution in [2.24, 2.45) is 0 Å². The monoisotopic (exact) mass is 357 g/mol. The van der Waals surface area contributed by atoms with Gasteiger partial charge >= 0.3 is 0 Å². The Morgan fingerprint density at radius 1 is 1.35 bits per heavy atom. The zero-order chi connectivity index (χ0) is 14.5. The first-order chi connectivity index (χ1) is 9.60. The van der Waals surface area contributed by atoms with Crippen molar-refractivity contribution in [1.29, 1.82) is 0 Å². The van der Waals surface area contributed by atoms with Crippen LogP contribution in [0.15, 0.2) is 33.2 Å². The normalized spacial score (nSPS) is 10.8. The fraction of sp³-hybridized carbons (Fsp3) is 0.333. The third kappa shape index (κ3) is 4.01. The van der Waals surface area contributed by atoms with Crippen molar-refractivity contribution in [3.63, 3.8) is 0 Å². The summed E-state index contributed by atoms with van der Waals surface area (Å²) in [5, 5.41) is 3.96. The van der Waals surface area contributed by atoms with Crippen LogP contribution in [-0.2, 0) is 13.2 Å². The van der Waals surface area contributed by atoms with Gasteiger partial charge < -0.3 is 14.5 Å². The van der Waals surface area contributed by atoms with E-state index in [4.69, 9.17) is 20.8 Å². The molecule has 2 aromatic rings. The second-order valence-corrected chi connectivity index (χ2v) is 5.73. The first kappa shape index (κ1) is 15.4. The lowest BCUT2D eigenvalue weighted by Gasteiger charge is -2.06. The number of nitrogens with one attached hydrogen (secondary N) is 1. The Morgan fingerprint density at radius 2 is 2.15 bits per heavy atom. The Morgan fingerprint density at radius 3 is 2.85 bits per heavy atom. The van der Waals surface area contributed by atoms with E-state index in [1.807, 2.05) is 19.1 Å². The summed E-state index contributed by atoms with van der Waals surface area (Å²) in [7, 11) is 0. The third-order valence-electron chi connectivity index (χ3n) is 2.90. The van der Waals surface area contributed by atoms with Crippen molar-refractivity contribution in [2.45, 2.75) is 27.0 Å². The quantitative estimate of drug-likeness (QED) is 0.813. The van der Waals surface area contributed by atoms with E-state index >= 15 is 0 Å². The van der Waals surface area contributed by atoms with E-state index in [1.54, 1.807) is 12.1 Å². The zero-order valence-electron chi connectivity index (χ0n) is 11.5. The lowest BCUT2D eigenvalue weighted by Crippen LogP contribution is -2.11. The Hall–Kier alpha value is -0.970. The Balaban J connectivity index is 2.00. The molecule has 108 valence electrons. The molecule has 0 aliphatic carbocycles. The molecule has 0 saturated heterocycles. The zero-order valence-corrected chi connectivity index (χ0v) is 13.8. The molecule has 5 heteroatoms. The second-order valence-electron chi connectivity index (χ2n) is 4.44. The summed E-state index contributed by atoms with van der Waals surface area (Å²) in [4.78, 5) is 0. The number of aryl methyl sites for hydroxylation is 1. The van der Waals surface area contributed by atoms with E-state index in [1.165, 1.54) is 5.56 Å². The number of furan rings is 1. The van der Waals surface area contributed by atoms with Crippen LogP contribution in [0.25, 0.3) is 0 Å². The van der Waals surface area contributed by atoms with Gasteiger partial charge in [-0.2, -0.15) is 0 Å². The molecule has 0 amide bonds. The summed E-state index contributed by atoms with van der Waals surface area (Å²) in [5.41, 5.74) is 1.17. The van der Waals surface area contributed by atoms with Crippen LogP contribution in [0, 0.1) is 6.92 Å². The van der Waals surface area contributed by atoms with Gasteiger partial charge in [0, 0.05) is 17.1 Å². The molecule has 0 spiro atoms. The van der Waals surface area contributed by atoms with Gasteiger partial charge in [0.2, 0.25) is 0 Å². The molecular weight excluding hydrogens is 342 g/mol. The highest BCUT2D eigenvalue weighted by Crippen LogP contribution is 2.29. The number of hydrogen-bond donors (Lipinski definition) is 1. The van der Waals surface area contributed by atoms with Gasteiger partial charge in [0.15, 0.2) is 0 Å². The summed E-state index contributed by atoms with van der Waals surface area (Å²) < 4.78 is 12.3. The van der Waals surface area contributed by atoms with Crippen molar-refractivity contribution in [1.82, 2.24) is 5.32 Å². The van der Waals surface area contributed by atoms with E-state index in [9.17, 15) is 0 Å². The predicted molar refractivity (Wildman–Crippen MR) is 84.3 cm³/mol. The van der Waals surface area contributed by atoms with Crippen LogP contribution in [0.2, 0.25) is 5.02 Å². The predicted octanol–water partition coefficient (Wildman–Crippen LogP) is 4.69. The van der Waals surface area contributed by atoms with Crippen molar-refractivity contribution in [2.75, 3.05) is 6.54 Å². The maximum absolute atomic E-state index is 5.90. The van der Waals surface area contributed by atoms with Crippen molar-refractivity contribution in [3.8, 4) is 5.75 Å². The minimum atomic E-state index is 0.396. The second kappa shape index (κ2) is 7.16. The van der Waals surface area contributed by atoms with Gasteiger partial charge in [-0.1, -0.05) is 18.5 Å². The van der Waals surface area contributed by atoms with Gasteiger partial charge in [-0.15, -0.1) is 0 Å². The van der Waals surface area contributed by atoms with Gasteiger partial charge in [-0.25, -0.2) is 0 Å². The van der Waals surface area contributed by atoms with E-state index in [0.717, 1.165) is 34.8 Å². The Labute approximate surface area is 132 Å². The molecule has 0 atom stereocenters. The van der Waals surface area contributed by atoms with Crippen LogP contribution in [0.1, 0.15) is 24.0 Å². The molecular formula is C15H17BrClNO2. The standard InChI is InChI=1S/C15H17BrClNO2/c1-3-18-8-11-6-13(20-10(11)2)9-19-15-5-4-12(17)7-14(15)16/h4-7,18H,3,8-9H2,1-2H3. The van der Waals surface area contributed by atoms with E-state index in [0.29, 0.717) is 11.6 Å². The van der Waals surface area contributed by atoms with Crippen LogP contribution >= 0.6 is 27.5 Å². The number of hydrogen-bond acceptors (Lipinski definition) is 3. The highest BCUT2D eigenvalue weighted by molar-refractivity contribution is 9.10. The number of halogens is 2. The fourth-order valence-electron chi connectivity index (χ4n) is 1.84. The summed E-state index contributed by atoms with van der Waals surface area (Å²) in [6.45, 7) is 6.20. The molecule has 0 fully saturated rings. The first-order valence-corrected chi connectivity index (χ1v) is 7.64. The molecule has 0 radical (unpaired) electrons. The largest absolute Gasteiger partial charge is 0.484 e. The summed E-state index contributed by atoms with van der Waals surface area (Å²) in [6, 6.07) is 7.47. The molecule has 0 unspecified atom stereocenters. The van der Waals surface area contributed by atoms with Crippen molar-refractivity contribution in [3.05, 3.63) is 50.8 Å². The van der Waals surface area contributed by atoms with Crippen molar-refractivity contribution >= 4 is 27.5 Å². The van der Waals surface area contributed by atoms with Crippen LogP contribution in [0.4, 0.5) is 0 Å². The Kier molecular flexibility index (Phi) is 5.52. The number of benzene rings is 1. The molecule has 2 rings (SSSR count). The molecule has 20 heavy (non-hydrogen) atoms. The highest BCUT2D eigenvalue weighted by Gasteiger charge is 2.09. The third-order valence-corrected chi connectivity index (χ3v) is 3.76. The SMILES string of the molecule is CCNCc1cc(COc2ccc(Cl)cc2Br)oc1C. The van der Waals surface area contributed by atoms with Crippen LogP contribution in [-0.4, -0.2) is 6.54 Å². The molecule has 1 heterocycles. The number of ether oxygens (including phenoxy) is 1. The molecule has 1 aromatic heterocycles. The smallest absolute Gasteiger partial charge is 0.146 e. The molecule has 0 saturated carbocycles. The minimum Gasteiger partial charge on any atom is -0.484 e. The maximum Gasteiger partial charge on any atom is 0.146 e. The lowest BCUT2D eigenvalue weighted by molar-refractivity contribution is 0.266. The van der Waals surface area contributed by atoms with Gasteiger partial charge in [-0.05, 0) is 53.7 Å². The van der Waals surface area contributed by atoms with Crippen molar-refractivity contribution < 1.29 is 9.15 Å². The van der Waals surface area contributed by atoms with E-state index in [-0.39, 0.29) is 0 Å². The molecule has 3 nitrogen and oxygen atoms in total. The van der Waals surface area contributed by atoms with Gasteiger partial charge in [0.05, 0.1) is 4.47 Å². The molecule has 1 aromatic carbocycles. The van der Waals surface area contributed by atoms with Gasteiger partial charge in [0.1, 0.15) is 23.9 Å². The van der Waals surface area contributed by atoms with Crippen LogP contribution in [0.5, 0.6) is 5.75 Å². The summed E-state index contributed by atoms with van der Waals surface area (Å²) in [5.74, 6) is 2.49. The first-order valence-electron chi connectivity index (χ1n) is 6.47. The fourth-order valence-corrected chi connectivity index (χ4v) is 2.63. The molecule has 0 aliphatic heterocycles. The summed E-state index contributed by atoms with van der Waals surface area (Å²) in [6.07, 6.45) is 0. The average molecular weight is 359 g/mol.